The highest BCUT2D eigenvalue weighted by Gasteiger charge is 2.23. The molecule has 0 aliphatic carbocycles. The molecule has 1 heterocycles. The first-order valence-electron chi connectivity index (χ1n) is 6.80. The van der Waals surface area contributed by atoms with Gasteiger partial charge in [0, 0.05) is 49.4 Å². The Hall–Kier alpha value is -1.68. The van der Waals surface area contributed by atoms with Gasteiger partial charge in [-0.2, -0.15) is 5.26 Å². The van der Waals surface area contributed by atoms with E-state index in [1.807, 2.05) is 6.92 Å². The van der Waals surface area contributed by atoms with Gasteiger partial charge < -0.3 is 0 Å². The minimum atomic E-state index is -0.375. The third-order valence-corrected chi connectivity index (χ3v) is 4.01. The van der Waals surface area contributed by atoms with E-state index in [-0.39, 0.29) is 16.7 Å². The molecule has 1 unspecified atom stereocenters. The van der Waals surface area contributed by atoms with E-state index >= 15 is 0 Å². The van der Waals surface area contributed by atoms with Crippen LogP contribution in [0.3, 0.4) is 0 Å². The summed E-state index contributed by atoms with van der Waals surface area (Å²) < 4.78 is 0. The van der Waals surface area contributed by atoms with Crippen molar-refractivity contribution in [3.05, 3.63) is 38.9 Å². The van der Waals surface area contributed by atoms with Crippen molar-refractivity contribution in [3.63, 3.8) is 0 Å². The standard InChI is InChI=1S/C14H17ClN4O2/c1-11(9-16)18-6-4-17(5-7-18)10-12-8-13(15)2-3-14(12)19(20)21/h2-3,8,11H,4-7,10H2,1H3. The molecule has 0 aromatic heterocycles. The minimum absolute atomic E-state index is 0.0901. The molecule has 1 aliphatic heterocycles. The summed E-state index contributed by atoms with van der Waals surface area (Å²) in [5.41, 5.74) is 0.738. The third-order valence-electron chi connectivity index (χ3n) is 3.77. The predicted octanol–water partition coefficient (Wildman–Crippen LogP) is 2.28. The van der Waals surface area contributed by atoms with Crippen molar-refractivity contribution in [2.24, 2.45) is 0 Å². The van der Waals surface area contributed by atoms with Crippen LogP contribution in [0, 0.1) is 21.4 Å². The molecule has 1 atom stereocenters. The molecule has 1 saturated heterocycles. The Morgan fingerprint density at radius 1 is 1.43 bits per heavy atom. The Labute approximate surface area is 128 Å². The van der Waals surface area contributed by atoms with E-state index < -0.39 is 0 Å². The Balaban J connectivity index is 2.02. The number of nitro benzene ring substituents is 1. The van der Waals surface area contributed by atoms with Crippen molar-refractivity contribution >= 4 is 17.3 Å². The summed E-state index contributed by atoms with van der Waals surface area (Å²) in [6.07, 6.45) is 0. The van der Waals surface area contributed by atoms with Crippen LogP contribution >= 0.6 is 11.6 Å². The number of rotatable bonds is 4. The van der Waals surface area contributed by atoms with E-state index in [1.165, 1.54) is 12.1 Å². The van der Waals surface area contributed by atoms with Crippen LogP contribution in [-0.2, 0) is 6.54 Å². The van der Waals surface area contributed by atoms with Crippen molar-refractivity contribution in [2.75, 3.05) is 26.2 Å². The molecule has 0 saturated carbocycles. The molecule has 21 heavy (non-hydrogen) atoms. The van der Waals surface area contributed by atoms with Crippen LogP contribution < -0.4 is 0 Å². The second-order valence-corrected chi connectivity index (χ2v) is 5.58. The quantitative estimate of drug-likeness (QED) is 0.630. The minimum Gasteiger partial charge on any atom is -0.296 e. The van der Waals surface area contributed by atoms with Gasteiger partial charge in [-0.3, -0.25) is 19.9 Å². The Kier molecular flexibility index (Phi) is 5.12. The topological polar surface area (TPSA) is 73.4 Å². The van der Waals surface area contributed by atoms with Crippen molar-refractivity contribution < 1.29 is 4.92 Å². The number of nitriles is 1. The average molecular weight is 309 g/mol. The second kappa shape index (κ2) is 6.85. The number of benzene rings is 1. The smallest absolute Gasteiger partial charge is 0.273 e. The highest BCUT2D eigenvalue weighted by atomic mass is 35.5. The predicted molar refractivity (Wildman–Crippen MR) is 80.0 cm³/mol. The van der Waals surface area contributed by atoms with Gasteiger partial charge in [0.05, 0.1) is 17.0 Å². The summed E-state index contributed by atoms with van der Waals surface area (Å²) in [5, 5.41) is 20.5. The maximum atomic E-state index is 11.1. The third kappa shape index (κ3) is 3.91. The number of nitrogens with zero attached hydrogens (tertiary/aromatic N) is 4. The van der Waals surface area contributed by atoms with Crippen LogP contribution in [0.15, 0.2) is 18.2 Å². The molecular weight excluding hydrogens is 292 g/mol. The summed E-state index contributed by atoms with van der Waals surface area (Å²) in [4.78, 5) is 14.9. The number of halogens is 1. The van der Waals surface area contributed by atoms with E-state index in [4.69, 9.17) is 16.9 Å². The lowest BCUT2D eigenvalue weighted by atomic mass is 10.1. The van der Waals surface area contributed by atoms with Gasteiger partial charge in [-0.1, -0.05) is 11.6 Å². The zero-order chi connectivity index (χ0) is 15.4. The fraction of sp³-hybridized carbons (Fsp3) is 0.500. The normalized spacial score (nSPS) is 18.1. The van der Waals surface area contributed by atoms with E-state index in [0.29, 0.717) is 17.1 Å². The zero-order valence-corrected chi connectivity index (χ0v) is 12.6. The lowest BCUT2D eigenvalue weighted by Gasteiger charge is -2.35. The highest BCUT2D eigenvalue weighted by Crippen LogP contribution is 2.24. The van der Waals surface area contributed by atoms with E-state index in [1.54, 1.807) is 6.07 Å². The fourth-order valence-corrected chi connectivity index (χ4v) is 2.68. The Bertz CT molecular complexity index is 565. The summed E-state index contributed by atoms with van der Waals surface area (Å²) in [6.45, 7) is 5.56. The van der Waals surface area contributed by atoms with Gasteiger partial charge >= 0.3 is 0 Å². The van der Waals surface area contributed by atoms with Crippen LogP contribution in [0.5, 0.6) is 0 Å². The Morgan fingerprint density at radius 2 is 2.10 bits per heavy atom. The first-order valence-corrected chi connectivity index (χ1v) is 7.18. The molecule has 1 aromatic carbocycles. The van der Waals surface area contributed by atoms with Crippen LogP contribution in [0.4, 0.5) is 5.69 Å². The van der Waals surface area contributed by atoms with Gasteiger partial charge in [0.15, 0.2) is 0 Å². The van der Waals surface area contributed by atoms with E-state index in [0.717, 1.165) is 26.2 Å². The van der Waals surface area contributed by atoms with Gasteiger partial charge in [-0.15, -0.1) is 0 Å². The first kappa shape index (κ1) is 15.7. The van der Waals surface area contributed by atoms with Crippen LogP contribution in [0.2, 0.25) is 5.02 Å². The van der Waals surface area contributed by atoms with E-state index in [9.17, 15) is 10.1 Å². The molecule has 0 bridgehead atoms. The van der Waals surface area contributed by atoms with Gasteiger partial charge in [0.1, 0.15) is 0 Å². The molecule has 6 nitrogen and oxygen atoms in total. The summed E-state index contributed by atoms with van der Waals surface area (Å²) in [6, 6.07) is 6.79. The van der Waals surface area contributed by atoms with Crippen molar-refractivity contribution in [3.8, 4) is 6.07 Å². The highest BCUT2D eigenvalue weighted by molar-refractivity contribution is 6.30. The molecule has 1 aromatic rings. The zero-order valence-electron chi connectivity index (χ0n) is 11.8. The molecule has 1 aliphatic rings. The largest absolute Gasteiger partial charge is 0.296 e. The monoisotopic (exact) mass is 308 g/mol. The number of hydrogen-bond donors (Lipinski definition) is 0. The lowest BCUT2D eigenvalue weighted by Crippen LogP contribution is -2.48. The number of piperazine rings is 1. The number of hydrogen-bond acceptors (Lipinski definition) is 5. The first-order chi connectivity index (χ1) is 10.0. The summed E-state index contributed by atoms with van der Waals surface area (Å²) >= 11 is 5.94. The van der Waals surface area contributed by atoms with Crippen LogP contribution in [0.1, 0.15) is 12.5 Å². The van der Waals surface area contributed by atoms with Gasteiger partial charge in [0.25, 0.3) is 5.69 Å². The molecule has 1 fully saturated rings. The molecule has 2 rings (SSSR count). The van der Waals surface area contributed by atoms with Gasteiger partial charge in [0.2, 0.25) is 0 Å². The van der Waals surface area contributed by atoms with Gasteiger partial charge in [-0.05, 0) is 19.1 Å². The molecule has 0 spiro atoms. The van der Waals surface area contributed by atoms with Crippen molar-refractivity contribution in [2.45, 2.75) is 19.5 Å². The molecule has 0 amide bonds. The van der Waals surface area contributed by atoms with Crippen LogP contribution in [-0.4, -0.2) is 46.9 Å². The molecule has 112 valence electrons. The van der Waals surface area contributed by atoms with Crippen molar-refractivity contribution in [1.29, 1.82) is 5.26 Å². The molecule has 0 radical (unpaired) electrons. The van der Waals surface area contributed by atoms with Crippen LogP contribution in [0.25, 0.3) is 0 Å². The second-order valence-electron chi connectivity index (χ2n) is 5.15. The molecule has 0 N–H and O–H groups in total. The maximum absolute atomic E-state index is 11.1. The summed E-state index contributed by atoms with van der Waals surface area (Å²) in [5.74, 6) is 0. The molecule has 7 heteroatoms. The summed E-state index contributed by atoms with van der Waals surface area (Å²) in [7, 11) is 0. The molecular formula is C14H17ClN4O2. The van der Waals surface area contributed by atoms with Crippen molar-refractivity contribution in [1.82, 2.24) is 9.80 Å². The Morgan fingerprint density at radius 3 is 2.67 bits per heavy atom. The SMILES string of the molecule is CC(C#N)N1CCN(Cc2cc(Cl)ccc2[N+](=O)[O-])CC1. The maximum Gasteiger partial charge on any atom is 0.273 e. The van der Waals surface area contributed by atoms with Gasteiger partial charge in [-0.25, -0.2) is 0 Å². The average Bonchev–Trinajstić information content (AvgIpc) is 2.47. The lowest BCUT2D eigenvalue weighted by molar-refractivity contribution is -0.385. The fourth-order valence-electron chi connectivity index (χ4n) is 2.49. The number of nitro groups is 1. The van der Waals surface area contributed by atoms with E-state index in [2.05, 4.69) is 15.9 Å².